The second kappa shape index (κ2) is 14.4. The average molecular weight is 740 g/mol. The van der Waals surface area contributed by atoms with Gasteiger partial charge in [-0.1, -0.05) is 0 Å². The minimum absolute atomic E-state index is 0. The normalized spacial score (nSPS) is 10.1. The van der Waals surface area contributed by atoms with Crippen molar-refractivity contribution in [1.29, 1.82) is 21.0 Å². The number of benzene rings is 2. The number of halogens is 4. The average Bonchev–Trinajstić information content (AvgIpc) is 3.91. The highest BCUT2D eigenvalue weighted by Gasteiger charge is 2.28. The maximum atomic E-state index is 14.7. The van der Waals surface area contributed by atoms with Gasteiger partial charge < -0.3 is 13.5 Å². The zero-order valence-corrected chi connectivity index (χ0v) is 27.8. The molecule has 6 aromatic rings. The molecule has 6 rings (SSSR count). The van der Waals surface area contributed by atoms with E-state index in [0.717, 1.165) is 45.3 Å². The fourth-order valence-corrected chi connectivity index (χ4v) is 8.74. The van der Waals surface area contributed by atoms with Gasteiger partial charge in [-0.05, 0) is 24.3 Å². The third-order valence-corrected chi connectivity index (χ3v) is 11.3. The summed E-state index contributed by atoms with van der Waals surface area (Å²) in [5, 5.41) is 35.6. The van der Waals surface area contributed by atoms with E-state index in [1.807, 2.05) is 0 Å². The van der Waals surface area contributed by atoms with E-state index in [9.17, 15) is 17.6 Å². The van der Waals surface area contributed by atoms with Gasteiger partial charge in [-0.2, -0.15) is 30.7 Å². The summed E-state index contributed by atoms with van der Waals surface area (Å²) >= 11 is 3.38. The molecule has 0 amide bonds. The zero-order valence-electron chi connectivity index (χ0n) is 23.6. The quantitative estimate of drug-likeness (QED) is 0.0765. The Morgan fingerprint density at radius 3 is 1.41 bits per heavy atom. The number of thiol groups is 1. The smallest absolute Gasteiger partial charge is 0.536 e. The molecule has 0 saturated heterocycles. The lowest BCUT2D eigenvalue weighted by molar-refractivity contribution is 0.638. The second-order valence-electron chi connectivity index (χ2n) is 9.21. The van der Waals surface area contributed by atoms with Crippen molar-refractivity contribution in [2.45, 2.75) is 12.1 Å². The summed E-state index contributed by atoms with van der Waals surface area (Å²) < 4.78 is 59.4. The van der Waals surface area contributed by atoms with Crippen molar-refractivity contribution in [3.8, 4) is 24.3 Å². The van der Waals surface area contributed by atoms with Crippen molar-refractivity contribution in [2.24, 2.45) is 0 Å². The predicted octanol–water partition coefficient (Wildman–Crippen LogP) is 8.59. The molecule has 0 bridgehead atoms. The SMILES string of the molecule is [C-]#[N+]C([N+]#[C-])=c1cc2c(F)c3sc(=C(C#N)C#N)cc3c(F)c2s1.[C-]#[N+]C([N+]#[C-])c1cc2c(F)c3sc(C(C#N)C#N)cc3c(F)c2s1.[SH-]. The number of fused-ring (bicyclic) bond motifs is 4. The molecule has 0 saturated carbocycles. The van der Waals surface area contributed by atoms with Crippen molar-refractivity contribution in [3.05, 3.63) is 112 Å². The van der Waals surface area contributed by atoms with Crippen LogP contribution in [0.5, 0.6) is 0 Å². The monoisotopic (exact) mass is 739 g/mol. The van der Waals surface area contributed by atoms with Crippen molar-refractivity contribution < 1.29 is 17.6 Å². The van der Waals surface area contributed by atoms with Crippen LogP contribution in [0.1, 0.15) is 21.8 Å². The topological polar surface area (TPSA) is 113 Å². The van der Waals surface area contributed by atoms with Crippen LogP contribution >= 0.6 is 45.3 Å². The van der Waals surface area contributed by atoms with Crippen LogP contribution in [0, 0.1) is 94.9 Å². The largest absolute Gasteiger partial charge is 0.813 e. The number of hydrogen-bond donors (Lipinski definition) is 0. The van der Waals surface area contributed by atoms with E-state index in [4.69, 9.17) is 47.3 Å². The Labute approximate surface area is 296 Å². The molecule has 4 aromatic heterocycles. The third-order valence-electron chi connectivity index (χ3n) is 6.65. The highest BCUT2D eigenvalue weighted by Crippen LogP contribution is 2.43. The second-order valence-corrected chi connectivity index (χ2v) is 13.5. The summed E-state index contributed by atoms with van der Waals surface area (Å²) in [6.07, 6.45) is -1.11. The molecule has 49 heavy (non-hydrogen) atoms. The van der Waals surface area contributed by atoms with Crippen LogP contribution in [-0.2, 0) is 13.5 Å². The van der Waals surface area contributed by atoms with Gasteiger partial charge in [-0.3, -0.25) is 0 Å². The minimum atomic E-state index is -1.11. The van der Waals surface area contributed by atoms with E-state index in [1.54, 1.807) is 24.3 Å². The van der Waals surface area contributed by atoms with Crippen molar-refractivity contribution in [1.82, 2.24) is 0 Å². The Morgan fingerprint density at radius 2 is 0.980 bits per heavy atom. The van der Waals surface area contributed by atoms with Gasteiger partial charge in [0.25, 0.3) is 0 Å². The highest BCUT2D eigenvalue weighted by atomic mass is 32.1. The van der Waals surface area contributed by atoms with Gasteiger partial charge in [0.15, 0.2) is 10.8 Å². The first-order valence-corrected chi connectivity index (χ1v) is 15.9. The molecular formula is C32H7F4N8S5-. The maximum absolute atomic E-state index is 14.7. The summed E-state index contributed by atoms with van der Waals surface area (Å²) in [5.74, 6) is -4.03. The molecular weight excluding hydrogens is 733 g/mol. The maximum Gasteiger partial charge on any atom is 0.536 e. The Balaban J connectivity index is 0.000000216. The number of rotatable bonds is 2. The van der Waals surface area contributed by atoms with E-state index in [1.165, 1.54) is 24.3 Å². The van der Waals surface area contributed by atoms with Crippen LogP contribution in [0.2, 0.25) is 0 Å². The molecule has 8 nitrogen and oxygen atoms in total. The first-order valence-electron chi connectivity index (χ1n) is 12.6. The molecule has 0 N–H and O–H groups in total. The fourth-order valence-electron chi connectivity index (χ4n) is 4.48. The van der Waals surface area contributed by atoms with Crippen LogP contribution < -0.4 is 9.06 Å². The van der Waals surface area contributed by atoms with Crippen LogP contribution in [0.4, 0.5) is 17.6 Å². The molecule has 0 aliphatic heterocycles. The zero-order chi connectivity index (χ0) is 34.9. The predicted molar refractivity (Wildman–Crippen MR) is 183 cm³/mol. The van der Waals surface area contributed by atoms with Gasteiger partial charge in [0, 0.05) is 26.4 Å². The lowest BCUT2D eigenvalue weighted by Gasteiger charge is -1.97. The van der Waals surface area contributed by atoms with Gasteiger partial charge in [-0.15, -0.1) is 45.3 Å². The van der Waals surface area contributed by atoms with Crippen LogP contribution in [0.15, 0.2) is 24.3 Å². The first-order chi connectivity index (χ1) is 23.1. The molecule has 0 unspecified atom stereocenters. The number of nitrogens with zero attached hydrogens (tertiary/aromatic N) is 8. The van der Waals surface area contributed by atoms with Gasteiger partial charge in [0.05, 0.1) is 35.5 Å². The van der Waals surface area contributed by atoms with Gasteiger partial charge in [0.2, 0.25) is 0 Å². The summed E-state index contributed by atoms with van der Waals surface area (Å²) in [7, 11) is 0. The molecule has 2 aromatic carbocycles. The highest BCUT2D eigenvalue weighted by molar-refractivity contribution is 7.37. The van der Waals surface area contributed by atoms with Crippen LogP contribution in [0.3, 0.4) is 0 Å². The van der Waals surface area contributed by atoms with Crippen LogP contribution in [-0.4, -0.2) is 0 Å². The molecule has 0 spiro atoms. The fraction of sp³-hybridized carbons (Fsp3) is 0.0625. The van der Waals surface area contributed by atoms with E-state index >= 15 is 0 Å². The number of nitriles is 4. The number of thiophene rings is 4. The molecule has 0 atom stereocenters. The molecule has 234 valence electrons. The lowest BCUT2D eigenvalue weighted by atomic mass is 10.1. The number of hydrogen-bond acceptors (Lipinski definition) is 9. The standard InChI is InChI=1S/C16H4F2N4S2.C16H2F2N4S2.H2S/c2*1-21-16(22-2)11-4-9-13(18)14-8(12(17)15(9)24-11)3-10(23-14)7(5-19)6-20;/h3-4,7,16H;3-4H;1H2/p-1. The molecule has 0 aliphatic carbocycles. The first kappa shape index (κ1) is 35.9. The molecule has 4 heterocycles. The molecule has 17 heteroatoms. The van der Waals surface area contributed by atoms with Gasteiger partial charge in [-0.25, -0.2) is 40.4 Å². The Hall–Kier alpha value is -5.99. The van der Waals surface area contributed by atoms with E-state index in [-0.39, 0.29) is 84.1 Å². The van der Waals surface area contributed by atoms with Crippen molar-refractivity contribution in [2.75, 3.05) is 0 Å². The Morgan fingerprint density at radius 1 is 0.592 bits per heavy atom. The van der Waals surface area contributed by atoms with E-state index < -0.39 is 35.4 Å². The summed E-state index contributed by atoms with van der Waals surface area (Å²) in [6, 6.07) is 12.1. The minimum Gasteiger partial charge on any atom is -0.813 e. The van der Waals surface area contributed by atoms with E-state index in [0.29, 0.717) is 0 Å². The third kappa shape index (κ3) is 5.98. The molecule has 0 radical (unpaired) electrons. The summed E-state index contributed by atoms with van der Waals surface area (Å²) in [5.41, 5.74) is -0.212. The van der Waals surface area contributed by atoms with Crippen LogP contribution in [0.25, 0.3) is 71.1 Å². The van der Waals surface area contributed by atoms with Crippen molar-refractivity contribution in [3.63, 3.8) is 0 Å². The Bertz CT molecular complexity index is 2490. The molecule has 0 aliphatic rings. The van der Waals surface area contributed by atoms with Gasteiger partial charge >= 0.3 is 12.0 Å². The summed E-state index contributed by atoms with van der Waals surface area (Å²) in [4.78, 5) is 13.0. The molecule has 0 fully saturated rings. The van der Waals surface area contributed by atoms with Crippen molar-refractivity contribution >= 4 is 111 Å². The Kier molecular flexibility index (Phi) is 10.5. The lowest BCUT2D eigenvalue weighted by Crippen LogP contribution is -1.94. The summed E-state index contributed by atoms with van der Waals surface area (Å²) in [6.45, 7) is 27.8. The van der Waals surface area contributed by atoms with Gasteiger partial charge in [0.1, 0.15) is 58.7 Å². The van der Waals surface area contributed by atoms with E-state index in [2.05, 4.69) is 19.4 Å².